The number of fused-ring (bicyclic) bond motifs is 2. The molecule has 1 N–H and O–H groups in total. The number of urea groups is 1. The van der Waals surface area contributed by atoms with Gasteiger partial charge in [-0.1, -0.05) is 0 Å². The van der Waals surface area contributed by atoms with E-state index in [0.29, 0.717) is 35.4 Å². The molecule has 0 spiro atoms. The van der Waals surface area contributed by atoms with Gasteiger partial charge in [-0.3, -0.25) is 4.98 Å². The van der Waals surface area contributed by atoms with Crippen molar-refractivity contribution in [3.63, 3.8) is 0 Å². The smallest absolute Gasteiger partial charge is 0.321 e. The predicted octanol–water partition coefficient (Wildman–Crippen LogP) is 4.05. The van der Waals surface area contributed by atoms with Crippen molar-refractivity contribution in [2.45, 2.75) is 6.10 Å². The lowest BCUT2D eigenvalue weighted by atomic mass is 10.2. The molecule has 1 aromatic heterocycles. The summed E-state index contributed by atoms with van der Waals surface area (Å²) in [6, 6.07) is 11.7. The fraction of sp³-hybridized carbons (Fsp3) is 0.238. The van der Waals surface area contributed by atoms with Crippen molar-refractivity contribution in [2.75, 3.05) is 18.4 Å². The third-order valence-corrected chi connectivity index (χ3v) is 5.42. The monoisotopic (exact) mass is 381 g/mol. The van der Waals surface area contributed by atoms with Gasteiger partial charge in [0.25, 0.3) is 0 Å². The zero-order valence-electron chi connectivity index (χ0n) is 14.8. The molecule has 2 aromatic carbocycles. The van der Waals surface area contributed by atoms with Crippen LogP contribution in [-0.4, -0.2) is 35.1 Å². The quantitative estimate of drug-likeness (QED) is 0.745. The third kappa shape index (κ3) is 3.02. The zero-order valence-corrected chi connectivity index (χ0v) is 14.8. The molecule has 0 radical (unpaired) electrons. The zero-order chi connectivity index (χ0) is 19.3. The number of carbonyl (C=O) groups is 1. The number of nitrogens with one attached hydrogen (secondary N) is 1. The summed E-state index contributed by atoms with van der Waals surface area (Å²) in [5.74, 6) is 0.464. The molecule has 142 valence electrons. The molecule has 1 aliphatic heterocycles. The summed E-state index contributed by atoms with van der Waals surface area (Å²) in [4.78, 5) is 18.3. The van der Waals surface area contributed by atoms with Crippen molar-refractivity contribution in [3.05, 3.63) is 66.4 Å². The first-order valence-corrected chi connectivity index (χ1v) is 9.11. The maximum atomic E-state index is 13.6. The van der Waals surface area contributed by atoms with Crippen molar-refractivity contribution in [2.24, 2.45) is 11.8 Å². The Morgan fingerprint density at radius 3 is 2.50 bits per heavy atom. The van der Waals surface area contributed by atoms with E-state index in [2.05, 4.69) is 10.3 Å². The van der Waals surface area contributed by atoms with Gasteiger partial charge < -0.3 is 15.0 Å². The number of rotatable bonds is 3. The van der Waals surface area contributed by atoms with Crippen LogP contribution in [0.25, 0.3) is 10.9 Å². The van der Waals surface area contributed by atoms with Crippen LogP contribution in [0.1, 0.15) is 0 Å². The van der Waals surface area contributed by atoms with Gasteiger partial charge in [0, 0.05) is 42.2 Å². The molecule has 2 atom stereocenters. The fourth-order valence-electron chi connectivity index (χ4n) is 3.89. The molecule has 2 unspecified atom stereocenters. The molecular formula is C21H17F2N3O2. The van der Waals surface area contributed by atoms with E-state index in [1.807, 2.05) is 0 Å². The highest BCUT2D eigenvalue weighted by Crippen LogP contribution is 2.48. The number of likely N-dealkylation sites (tertiary alicyclic amines) is 1. The number of carbonyl (C=O) groups excluding carboxylic acids is 1. The number of nitrogens with zero attached hydrogens (tertiary/aromatic N) is 2. The lowest BCUT2D eigenvalue weighted by molar-refractivity contribution is 0.196. The van der Waals surface area contributed by atoms with E-state index in [0.717, 1.165) is 0 Å². The number of amides is 2. The van der Waals surface area contributed by atoms with Gasteiger partial charge in [0.1, 0.15) is 23.5 Å². The minimum absolute atomic E-state index is 0.0174. The van der Waals surface area contributed by atoms with E-state index in [1.165, 1.54) is 36.4 Å². The van der Waals surface area contributed by atoms with Gasteiger partial charge >= 0.3 is 6.03 Å². The van der Waals surface area contributed by atoms with Crippen LogP contribution in [0.15, 0.2) is 54.7 Å². The average molecular weight is 381 g/mol. The van der Waals surface area contributed by atoms with E-state index in [4.69, 9.17) is 4.74 Å². The molecule has 3 aromatic rings. The minimum Gasteiger partial charge on any atom is -0.489 e. The first-order valence-electron chi connectivity index (χ1n) is 9.11. The number of pyridine rings is 1. The van der Waals surface area contributed by atoms with Crippen LogP contribution >= 0.6 is 0 Å². The van der Waals surface area contributed by atoms with Crippen molar-refractivity contribution >= 4 is 22.6 Å². The van der Waals surface area contributed by atoms with E-state index < -0.39 is 0 Å². The van der Waals surface area contributed by atoms with Crippen molar-refractivity contribution in [3.8, 4) is 5.75 Å². The fourth-order valence-corrected chi connectivity index (χ4v) is 3.89. The van der Waals surface area contributed by atoms with Crippen molar-refractivity contribution in [1.29, 1.82) is 0 Å². The number of piperidine rings is 1. The van der Waals surface area contributed by atoms with Gasteiger partial charge in [-0.2, -0.15) is 0 Å². The average Bonchev–Trinajstić information content (AvgIpc) is 3.11. The maximum Gasteiger partial charge on any atom is 0.321 e. The second-order valence-corrected chi connectivity index (χ2v) is 7.22. The Morgan fingerprint density at radius 1 is 1.04 bits per heavy atom. The van der Waals surface area contributed by atoms with Gasteiger partial charge in [-0.15, -0.1) is 0 Å². The van der Waals surface area contributed by atoms with E-state index in [1.54, 1.807) is 23.2 Å². The second-order valence-electron chi connectivity index (χ2n) is 7.22. The topological polar surface area (TPSA) is 54.5 Å². The van der Waals surface area contributed by atoms with Crippen LogP contribution < -0.4 is 10.1 Å². The molecule has 7 heteroatoms. The normalized spacial score (nSPS) is 22.8. The van der Waals surface area contributed by atoms with Gasteiger partial charge in [0.05, 0.1) is 5.52 Å². The van der Waals surface area contributed by atoms with Crippen molar-refractivity contribution in [1.82, 2.24) is 9.88 Å². The first-order chi connectivity index (χ1) is 13.6. The van der Waals surface area contributed by atoms with E-state index in [-0.39, 0.29) is 35.6 Å². The number of aromatic nitrogens is 1. The van der Waals surface area contributed by atoms with E-state index in [9.17, 15) is 13.6 Å². The number of ether oxygens (including phenoxy) is 1. The molecule has 1 saturated carbocycles. The lowest BCUT2D eigenvalue weighted by Crippen LogP contribution is -2.36. The maximum absolute atomic E-state index is 13.6. The highest BCUT2D eigenvalue weighted by Gasteiger charge is 2.59. The molecule has 2 fully saturated rings. The molecule has 28 heavy (non-hydrogen) atoms. The number of benzene rings is 2. The highest BCUT2D eigenvalue weighted by atomic mass is 19.1. The Kier molecular flexibility index (Phi) is 3.89. The largest absolute Gasteiger partial charge is 0.489 e. The second kappa shape index (κ2) is 6.44. The van der Waals surface area contributed by atoms with Crippen LogP contribution in [0.5, 0.6) is 5.75 Å². The van der Waals surface area contributed by atoms with Gasteiger partial charge in [-0.25, -0.2) is 13.6 Å². The summed E-state index contributed by atoms with van der Waals surface area (Å²) in [7, 11) is 0. The number of anilines is 1. The molecule has 2 amide bonds. The van der Waals surface area contributed by atoms with Crippen LogP contribution in [0.2, 0.25) is 0 Å². The van der Waals surface area contributed by atoms with Gasteiger partial charge in [0.2, 0.25) is 0 Å². The Hall–Kier alpha value is -3.22. The molecule has 1 aliphatic carbocycles. The Balaban J connectivity index is 1.22. The first kappa shape index (κ1) is 16.9. The summed E-state index contributed by atoms with van der Waals surface area (Å²) >= 11 is 0. The van der Waals surface area contributed by atoms with E-state index >= 15 is 0 Å². The molecule has 5 nitrogen and oxygen atoms in total. The third-order valence-electron chi connectivity index (χ3n) is 5.42. The summed E-state index contributed by atoms with van der Waals surface area (Å²) in [5, 5.41) is 3.43. The summed E-state index contributed by atoms with van der Waals surface area (Å²) in [5.41, 5.74) is 1.25. The standard InChI is InChI=1S/C21H17F2N3O2/c22-12-1-4-14(5-2-12)25-21(27)26-10-16-17(11-26)20(16)28-19-7-8-24-18-6-3-13(23)9-15(18)19/h1-9,16-17,20H,10-11H2,(H,25,27). The Labute approximate surface area is 159 Å². The van der Waals surface area contributed by atoms with Crippen LogP contribution in [0.4, 0.5) is 19.3 Å². The number of halogens is 2. The van der Waals surface area contributed by atoms with Gasteiger partial charge in [0.15, 0.2) is 0 Å². The van der Waals surface area contributed by atoms with Crippen LogP contribution in [-0.2, 0) is 0 Å². The SMILES string of the molecule is O=C(Nc1ccc(F)cc1)N1CC2C(C1)C2Oc1ccnc2ccc(F)cc12. The van der Waals surface area contributed by atoms with Crippen LogP contribution in [0, 0.1) is 23.5 Å². The molecule has 5 rings (SSSR count). The Bertz CT molecular complexity index is 1050. The minimum atomic E-state index is -0.344. The summed E-state index contributed by atoms with van der Waals surface area (Å²) in [6.45, 7) is 1.19. The molecular weight excluding hydrogens is 364 g/mol. The number of hydrogen-bond donors (Lipinski definition) is 1. The summed E-state index contributed by atoms with van der Waals surface area (Å²) in [6.07, 6.45) is 1.67. The molecule has 2 heterocycles. The highest BCUT2D eigenvalue weighted by molar-refractivity contribution is 5.89. The molecule has 1 saturated heterocycles. The van der Waals surface area contributed by atoms with Crippen molar-refractivity contribution < 1.29 is 18.3 Å². The molecule has 0 bridgehead atoms. The molecule has 2 aliphatic rings. The van der Waals surface area contributed by atoms with Gasteiger partial charge in [-0.05, 0) is 48.5 Å². The number of hydrogen-bond acceptors (Lipinski definition) is 3. The lowest BCUT2D eigenvalue weighted by Gasteiger charge is -2.21. The Morgan fingerprint density at radius 2 is 1.75 bits per heavy atom. The predicted molar refractivity (Wildman–Crippen MR) is 100 cm³/mol. The van der Waals surface area contributed by atoms with Crippen LogP contribution in [0.3, 0.4) is 0 Å². The summed E-state index contributed by atoms with van der Waals surface area (Å²) < 4.78 is 32.7.